The Hall–Kier alpha value is -2.72. The summed E-state index contributed by atoms with van der Waals surface area (Å²) in [5.74, 6) is -0.724. The zero-order chi connectivity index (χ0) is 24.4. The molecule has 2 aromatic rings. The Kier molecular flexibility index (Phi) is 7.28. The maximum Gasteiger partial charge on any atom is 0.331 e. The average Bonchev–Trinajstić information content (AvgIpc) is 2.79. The molecular weight excluding hydrogens is 446 g/mol. The van der Waals surface area contributed by atoms with Crippen LogP contribution in [0.2, 0.25) is 0 Å². The van der Waals surface area contributed by atoms with Gasteiger partial charge in [0.15, 0.2) is 0 Å². The van der Waals surface area contributed by atoms with E-state index in [4.69, 9.17) is 4.74 Å². The first-order valence-electron chi connectivity index (χ1n) is 11.2. The van der Waals surface area contributed by atoms with Crippen LogP contribution in [0.25, 0.3) is 10.9 Å². The molecule has 0 unspecified atom stereocenters. The van der Waals surface area contributed by atoms with E-state index in [-0.39, 0.29) is 15.8 Å². The van der Waals surface area contributed by atoms with Crippen LogP contribution in [-0.4, -0.2) is 55.3 Å². The number of nitrogens with one attached hydrogen (secondary N) is 2. The summed E-state index contributed by atoms with van der Waals surface area (Å²) in [6, 6.07) is 5.40. The highest BCUT2D eigenvalue weighted by atomic mass is 32.2. The molecule has 3 rings (SSSR count). The Balaban J connectivity index is 2.09. The predicted molar refractivity (Wildman–Crippen MR) is 125 cm³/mol. The molecule has 0 aliphatic heterocycles. The highest BCUT2D eigenvalue weighted by Crippen LogP contribution is 2.33. The van der Waals surface area contributed by atoms with E-state index < -0.39 is 33.0 Å². The van der Waals surface area contributed by atoms with Crippen molar-refractivity contribution in [3.05, 3.63) is 40.2 Å². The Morgan fingerprint density at radius 3 is 2.39 bits per heavy atom. The van der Waals surface area contributed by atoms with Gasteiger partial charge in [-0.15, -0.1) is 0 Å². The maximum absolute atomic E-state index is 13.4. The number of sulfonamides is 1. The molecular formula is C23H31N3O6S. The molecule has 1 aliphatic rings. The molecule has 1 fully saturated rings. The molecule has 0 bridgehead atoms. The molecule has 1 aliphatic carbocycles. The number of fused-ring (bicyclic) bond motifs is 1. The number of rotatable bonds is 7. The number of amides is 1. The largest absolute Gasteiger partial charge is 0.467 e. The fraction of sp³-hybridized carbons (Fsp3) is 0.522. The SMILES string of the molecule is CCN(CC)S(=O)(=O)c1ccc2[nH]c(=O)cc(C(=O)NC3(C(=O)OC)CCC(C)CC3)c2c1. The highest BCUT2D eigenvalue weighted by Gasteiger charge is 2.43. The molecule has 10 heteroatoms. The van der Waals surface area contributed by atoms with Crippen molar-refractivity contribution >= 4 is 32.8 Å². The number of H-pyrrole nitrogens is 1. The molecule has 0 radical (unpaired) electrons. The number of pyridine rings is 1. The minimum atomic E-state index is -3.77. The van der Waals surface area contributed by atoms with Gasteiger partial charge in [-0.25, -0.2) is 13.2 Å². The van der Waals surface area contributed by atoms with Gasteiger partial charge in [-0.2, -0.15) is 4.31 Å². The first kappa shape index (κ1) is 24.9. The van der Waals surface area contributed by atoms with E-state index in [2.05, 4.69) is 17.2 Å². The topological polar surface area (TPSA) is 126 Å². The molecule has 2 N–H and O–H groups in total. The summed E-state index contributed by atoms with van der Waals surface area (Å²) >= 11 is 0. The van der Waals surface area contributed by atoms with Crippen LogP contribution in [0.15, 0.2) is 34.0 Å². The van der Waals surface area contributed by atoms with Gasteiger partial charge in [-0.3, -0.25) is 9.59 Å². The Bertz CT molecular complexity index is 1210. The quantitative estimate of drug-likeness (QED) is 0.590. The number of aromatic nitrogens is 1. The van der Waals surface area contributed by atoms with E-state index in [1.807, 2.05) is 0 Å². The van der Waals surface area contributed by atoms with Gasteiger partial charge in [0.1, 0.15) is 5.54 Å². The Morgan fingerprint density at radius 1 is 1.18 bits per heavy atom. The predicted octanol–water partition coefficient (Wildman–Crippen LogP) is 2.41. The Labute approximate surface area is 193 Å². The van der Waals surface area contributed by atoms with Gasteiger partial charge in [0.25, 0.3) is 5.91 Å². The molecule has 0 atom stereocenters. The lowest BCUT2D eigenvalue weighted by molar-refractivity contribution is -0.150. The zero-order valence-corrected chi connectivity index (χ0v) is 20.3. The van der Waals surface area contributed by atoms with Gasteiger partial charge in [-0.05, 0) is 49.8 Å². The van der Waals surface area contributed by atoms with Crippen LogP contribution in [0.3, 0.4) is 0 Å². The lowest BCUT2D eigenvalue weighted by atomic mass is 9.77. The van der Waals surface area contributed by atoms with E-state index in [1.165, 1.54) is 29.6 Å². The summed E-state index contributed by atoms with van der Waals surface area (Å²) in [5, 5.41) is 3.10. The second kappa shape index (κ2) is 9.64. The van der Waals surface area contributed by atoms with Crippen LogP contribution < -0.4 is 10.9 Å². The third-order valence-corrected chi connectivity index (χ3v) is 8.50. The molecule has 33 heavy (non-hydrogen) atoms. The number of carbonyl (C=O) groups is 2. The number of methoxy groups -OCH3 is 1. The van der Waals surface area contributed by atoms with Crippen LogP contribution in [0.1, 0.15) is 56.8 Å². The molecule has 1 aromatic heterocycles. The second-order valence-electron chi connectivity index (χ2n) is 8.55. The second-order valence-corrected chi connectivity index (χ2v) is 10.5. The lowest BCUT2D eigenvalue weighted by Crippen LogP contribution is -2.56. The van der Waals surface area contributed by atoms with Gasteiger partial charge in [0, 0.05) is 30.1 Å². The summed E-state index contributed by atoms with van der Waals surface area (Å²) in [6.45, 7) is 6.18. The molecule has 180 valence electrons. The summed E-state index contributed by atoms with van der Waals surface area (Å²) < 4.78 is 32.3. The fourth-order valence-electron chi connectivity index (χ4n) is 4.41. The molecule has 1 heterocycles. The number of ether oxygens (including phenoxy) is 1. The monoisotopic (exact) mass is 477 g/mol. The van der Waals surface area contributed by atoms with Gasteiger partial charge < -0.3 is 15.0 Å². The summed E-state index contributed by atoms with van der Waals surface area (Å²) in [4.78, 5) is 40.9. The number of nitrogens with zero attached hydrogens (tertiary/aromatic N) is 1. The molecule has 1 saturated carbocycles. The number of esters is 1. The summed E-state index contributed by atoms with van der Waals surface area (Å²) in [6.07, 6.45) is 2.35. The maximum atomic E-state index is 13.4. The smallest absolute Gasteiger partial charge is 0.331 e. The van der Waals surface area contributed by atoms with E-state index >= 15 is 0 Å². The van der Waals surface area contributed by atoms with Gasteiger partial charge in [-0.1, -0.05) is 20.8 Å². The fourth-order valence-corrected chi connectivity index (χ4v) is 5.89. The Morgan fingerprint density at radius 2 is 1.82 bits per heavy atom. The van der Waals surface area contributed by atoms with E-state index in [9.17, 15) is 22.8 Å². The third kappa shape index (κ3) is 4.81. The highest BCUT2D eigenvalue weighted by molar-refractivity contribution is 7.89. The molecule has 9 nitrogen and oxygen atoms in total. The third-order valence-electron chi connectivity index (χ3n) is 6.46. The van der Waals surface area contributed by atoms with Crippen LogP contribution in [-0.2, 0) is 19.6 Å². The summed E-state index contributed by atoms with van der Waals surface area (Å²) in [5.41, 5.74) is -1.35. The molecule has 0 spiro atoms. The van der Waals surface area contributed by atoms with Crippen LogP contribution in [0, 0.1) is 5.92 Å². The van der Waals surface area contributed by atoms with Crippen molar-refractivity contribution in [1.29, 1.82) is 0 Å². The van der Waals surface area contributed by atoms with Crippen molar-refractivity contribution in [3.8, 4) is 0 Å². The van der Waals surface area contributed by atoms with E-state index in [0.717, 1.165) is 18.9 Å². The van der Waals surface area contributed by atoms with Crippen LogP contribution in [0.5, 0.6) is 0 Å². The van der Waals surface area contributed by atoms with E-state index in [0.29, 0.717) is 37.4 Å². The van der Waals surface area contributed by atoms with Crippen molar-refractivity contribution in [3.63, 3.8) is 0 Å². The molecule has 0 saturated heterocycles. The number of benzene rings is 1. The zero-order valence-electron chi connectivity index (χ0n) is 19.4. The lowest BCUT2D eigenvalue weighted by Gasteiger charge is -2.37. The first-order valence-corrected chi connectivity index (χ1v) is 12.6. The normalized spacial score (nSPS) is 21.2. The minimum absolute atomic E-state index is 0.00671. The standard InChI is InChI=1S/C23H31N3O6S/c1-5-26(6-2)33(30,31)16-7-8-19-17(13-16)18(14-20(27)24-19)21(28)25-23(22(29)32-4)11-9-15(3)10-12-23/h7-8,13-15H,5-6,9-12H2,1-4H3,(H,24,27)(H,25,28). The van der Waals surface area contributed by atoms with Crippen LogP contribution >= 0.6 is 0 Å². The van der Waals surface area contributed by atoms with Crippen molar-refractivity contribution in [2.24, 2.45) is 5.92 Å². The van der Waals surface area contributed by atoms with Crippen molar-refractivity contribution < 1.29 is 22.7 Å². The van der Waals surface area contributed by atoms with Crippen molar-refractivity contribution in [2.45, 2.75) is 56.9 Å². The van der Waals surface area contributed by atoms with Gasteiger partial charge in [0.05, 0.1) is 17.6 Å². The van der Waals surface area contributed by atoms with E-state index in [1.54, 1.807) is 13.8 Å². The van der Waals surface area contributed by atoms with Crippen molar-refractivity contribution in [1.82, 2.24) is 14.6 Å². The number of carbonyl (C=O) groups excluding carboxylic acids is 2. The summed E-state index contributed by atoms with van der Waals surface area (Å²) in [7, 11) is -2.49. The average molecular weight is 478 g/mol. The van der Waals surface area contributed by atoms with Crippen LogP contribution in [0.4, 0.5) is 0 Å². The van der Waals surface area contributed by atoms with Gasteiger partial charge in [0.2, 0.25) is 15.6 Å². The number of aromatic amines is 1. The minimum Gasteiger partial charge on any atom is -0.467 e. The van der Waals surface area contributed by atoms with Crippen molar-refractivity contribution in [2.75, 3.05) is 20.2 Å². The number of hydrogen-bond acceptors (Lipinski definition) is 6. The first-order chi connectivity index (χ1) is 15.6. The molecule has 1 amide bonds. The van der Waals surface area contributed by atoms with Gasteiger partial charge >= 0.3 is 5.97 Å². The number of hydrogen-bond donors (Lipinski definition) is 2. The molecule has 1 aromatic carbocycles.